The molecule has 26 heavy (non-hydrogen) atoms. The molecule has 6 nitrogen and oxygen atoms in total. The standard InChI is InChI=1S/C19H21BrN4O2/c1-23-16-8-4-6-15(13(16)10-21-23)22-19(26)12-9-18(25)24(11-12)17-7-3-2-5-14(17)20/h2-3,5,7,10,12,15H,4,6,8-9,11H2,1H3,(H,22,26)/t12-,15+/m1/s1. The first kappa shape index (κ1) is 17.3. The summed E-state index contributed by atoms with van der Waals surface area (Å²) >= 11 is 3.49. The van der Waals surface area contributed by atoms with Crippen LogP contribution >= 0.6 is 15.9 Å². The molecule has 1 fully saturated rings. The van der Waals surface area contributed by atoms with E-state index in [2.05, 4.69) is 26.3 Å². The average Bonchev–Trinajstić information content (AvgIpc) is 3.20. The van der Waals surface area contributed by atoms with Crippen LogP contribution in [0.3, 0.4) is 0 Å². The van der Waals surface area contributed by atoms with Gasteiger partial charge in [0.25, 0.3) is 0 Å². The van der Waals surface area contributed by atoms with Crippen molar-refractivity contribution in [3.63, 3.8) is 0 Å². The second kappa shape index (κ2) is 6.87. The van der Waals surface area contributed by atoms with Crippen LogP contribution in [-0.4, -0.2) is 28.1 Å². The van der Waals surface area contributed by atoms with Crippen molar-refractivity contribution in [2.24, 2.45) is 13.0 Å². The number of anilines is 1. The van der Waals surface area contributed by atoms with Crippen molar-refractivity contribution in [2.75, 3.05) is 11.4 Å². The maximum atomic E-state index is 12.8. The third-order valence-electron chi connectivity index (χ3n) is 5.33. The summed E-state index contributed by atoms with van der Waals surface area (Å²) in [6, 6.07) is 7.60. The number of amides is 2. The number of nitrogens with one attached hydrogen (secondary N) is 1. The SMILES string of the molecule is Cn1ncc2c1CCC[C@@H]2NC(=O)[C@@H]1CC(=O)N(c2ccccc2Br)C1. The summed E-state index contributed by atoms with van der Waals surface area (Å²) in [5, 5.41) is 7.48. The molecule has 1 aliphatic heterocycles. The Hall–Kier alpha value is -2.15. The average molecular weight is 417 g/mol. The summed E-state index contributed by atoms with van der Waals surface area (Å²) in [6.07, 6.45) is 5.05. The number of para-hydroxylation sites is 1. The van der Waals surface area contributed by atoms with Gasteiger partial charge in [-0.15, -0.1) is 0 Å². The Kier molecular flexibility index (Phi) is 4.56. The van der Waals surface area contributed by atoms with Gasteiger partial charge in [-0.2, -0.15) is 5.10 Å². The molecule has 2 atom stereocenters. The van der Waals surface area contributed by atoms with Gasteiger partial charge in [0.05, 0.1) is 23.8 Å². The molecule has 1 aliphatic carbocycles. The number of nitrogens with zero attached hydrogens (tertiary/aromatic N) is 3. The van der Waals surface area contributed by atoms with Gasteiger partial charge in [0, 0.05) is 35.7 Å². The van der Waals surface area contributed by atoms with Crippen molar-refractivity contribution in [1.29, 1.82) is 0 Å². The van der Waals surface area contributed by atoms with E-state index in [1.54, 1.807) is 4.90 Å². The van der Waals surface area contributed by atoms with E-state index in [9.17, 15) is 9.59 Å². The molecule has 2 aromatic rings. The fraction of sp³-hybridized carbons (Fsp3) is 0.421. The second-order valence-electron chi connectivity index (χ2n) is 6.98. The number of halogens is 1. The summed E-state index contributed by atoms with van der Waals surface area (Å²) in [6.45, 7) is 0.417. The Labute approximate surface area is 160 Å². The number of carbonyl (C=O) groups is 2. The van der Waals surface area contributed by atoms with Crippen LogP contribution in [0.2, 0.25) is 0 Å². The Morgan fingerprint density at radius 1 is 1.35 bits per heavy atom. The van der Waals surface area contributed by atoms with Crippen LogP contribution in [0, 0.1) is 5.92 Å². The minimum atomic E-state index is -0.323. The fourth-order valence-corrected chi connectivity index (χ4v) is 4.43. The highest BCUT2D eigenvalue weighted by atomic mass is 79.9. The molecule has 0 unspecified atom stereocenters. The van der Waals surface area contributed by atoms with E-state index in [0.717, 1.165) is 35.0 Å². The van der Waals surface area contributed by atoms with E-state index in [0.29, 0.717) is 6.54 Å². The molecule has 2 heterocycles. The van der Waals surface area contributed by atoms with Gasteiger partial charge in [0.2, 0.25) is 11.8 Å². The molecule has 1 aromatic heterocycles. The molecule has 7 heteroatoms. The smallest absolute Gasteiger partial charge is 0.227 e. The molecular weight excluding hydrogens is 396 g/mol. The zero-order valence-corrected chi connectivity index (χ0v) is 16.2. The van der Waals surface area contributed by atoms with Crippen LogP contribution in [0.4, 0.5) is 5.69 Å². The van der Waals surface area contributed by atoms with E-state index in [-0.39, 0.29) is 30.2 Å². The lowest BCUT2D eigenvalue weighted by molar-refractivity contribution is -0.127. The van der Waals surface area contributed by atoms with Crippen molar-refractivity contribution in [3.8, 4) is 0 Å². The zero-order valence-electron chi connectivity index (χ0n) is 14.6. The molecule has 136 valence electrons. The summed E-state index contributed by atoms with van der Waals surface area (Å²) in [5.74, 6) is -0.381. The lowest BCUT2D eigenvalue weighted by Crippen LogP contribution is -2.36. The van der Waals surface area contributed by atoms with Crippen LogP contribution in [0.15, 0.2) is 34.9 Å². The van der Waals surface area contributed by atoms with Crippen molar-refractivity contribution >= 4 is 33.4 Å². The van der Waals surface area contributed by atoms with Gasteiger partial charge < -0.3 is 10.2 Å². The Balaban J connectivity index is 1.47. The van der Waals surface area contributed by atoms with Gasteiger partial charge in [-0.05, 0) is 47.3 Å². The third kappa shape index (κ3) is 3.05. The fourth-order valence-electron chi connectivity index (χ4n) is 3.93. The van der Waals surface area contributed by atoms with E-state index in [1.807, 2.05) is 42.2 Å². The minimum absolute atomic E-state index is 0.00689. The molecule has 0 radical (unpaired) electrons. The molecule has 0 saturated carbocycles. The predicted molar refractivity (Wildman–Crippen MR) is 102 cm³/mol. The Morgan fingerprint density at radius 2 is 2.15 bits per heavy atom. The summed E-state index contributed by atoms with van der Waals surface area (Å²) in [7, 11) is 1.94. The molecule has 1 saturated heterocycles. The lowest BCUT2D eigenvalue weighted by atomic mass is 9.92. The van der Waals surface area contributed by atoms with Gasteiger partial charge in [-0.3, -0.25) is 14.3 Å². The highest BCUT2D eigenvalue weighted by molar-refractivity contribution is 9.10. The number of aryl methyl sites for hydroxylation is 1. The van der Waals surface area contributed by atoms with Crippen molar-refractivity contribution < 1.29 is 9.59 Å². The van der Waals surface area contributed by atoms with Crippen LogP contribution in [0.1, 0.15) is 36.6 Å². The zero-order chi connectivity index (χ0) is 18.3. The van der Waals surface area contributed by atoms with Gasteiger partial charge in [-0.1, -0.05) is 12.1 Å². The first-order chi connectivity index (χ1) is 12.5. The molecule has 1 N–H and O–H groups in total. The highest BCUT2D eigenvalue weighted by Gasteiger charge is 2.37. The molecular formula is C19H21BrN4O2. The number of rotatable bonds is 3. The predicted octanol–water partition coefficient (Wildman–Crippen LogP) is 2.73. The Bertz CT molecular complexity index is 863. The van der Waals surface area contributed by atoms with Crippen LogP contribution in [0.25, 0.3) is 0 Å². The van der Waals surface area contributed by atoms with Gasteiger partial charge in [-0.25, -0.2) is 0 Å². The largest absolute Gasteiger partial charge is 0.349 e. The van der Waals surface area contributed by atoms with Crippen LogP contribution in [0.5, 0.6) is 0 Å². The van der Waals surface area contributed by atoms with Crippen LogP contribution in [-0.2, 0) is 23.1 Å². The third-order valence-corrected chi connectivity index (χ3v) is 6.00. The van der Waals surface area contributed by atoms with E-state index >= 15 is 0 Å². The maximum absolute atomic E-state index is 12.8. The lowest BCUT2D eigenvalue weighted by Gasteiger charge is -2.25. The van der Waals surface area contributed by atoms with Gasteiger partial charge >= 0.3 is 0 Å². The number of aromatic nitrogens is 2. The molecule has 2 aliphatic rings. The number of hydrogen-bond donors (Lipinski definition) is 1. The maximum Gasteiger partial charge on any atom is 0.227 e. The number of carbonyl (C=O) groups excluding carboxylic acids is 2. The van der Waals surface area contributed by atoms with E-state index < -0.39 is 0 Å². The first-order valence-corrected chi connectivity index (χ1v) is 9.70. The molecule has 0 bridgehead atoms. The normalized spacial score (nSPS) is 22.4. The van der Waals surface area contributed by atoms with Crippen LogP contribution < -0.4 is 10.2 Å². The van der Waals surface area contributed by atoms with Crippen molar-refractivity contribution in [2.45, 2.75) is 31.7 Å². The molecule has 2 amide bonds. The summed E-state index contributed by atoms with van der Waals surface area (Å²) < 4.78 is 2.75. The van der Waals surface area contributed by atoms with E-state index in [1.165, 1.54) is 5.69 Å². The van der Waals surface area contributed by atoms with Crippen molar-refractivity contribution in [3.05, 3.63) is 46.2 Å². The quantitative estimate of drug-likeness (QED) is 0.835. The first-order valence-electron chi connectivity index (χ1n) is 8.90. The Morgan fingerprint density at radius 3 is 2.96 bits per heavy atom. The monoisotopic (exact) mass is 416 g/mol. The number of benzene rings is 1. The number of hydrogen-bond acceptors (Lipinski definition) is 3. The minimum Gasteiger partial charge on any atom is -0.349 e. The molecule has 0 spiro atoms. The topological polar surface area (TPSA) is 67.2 Å². The summed E-state index contributed by atoms with van der Waals surface area (Å²) in [5.41, 5.74) is 3.12. The van der Waals surface area contributed by atoms with Gasteiger partial charge in [0.15, 0.2) is 0 Å². The van der Waals surface area contributed by atoms with Gasteiger partial charge in [0.1, 0.15) is 0 Å². The molecule has 4 rings (SSSR count). The second-order valence-corrected chi connectivity index (χ2v) is 7.83. The number of fused-ring (bicyclic) bond motifs is 1. The van der Waals surface area contributed by atoms with E-state index in [4.69, 9.17) is 0 Å². The highest BCUT2D eigenvalue weighted by Crippen LogP contribution is 2.33. The van der Waals surface area contributed by atoms with Crippen molar-refractivity contribution in [1.82, 2.24) is 15.1 Å². The summed E-state index contributed by atoms with van der Waals surface area (Å²) in [4.78, 5) is 27.0. The molecule has 1 aromatic carbocycles.